The Labute approximate surface area is 148 Å². The molecule has 1 saturated heterocycles. The van der Waals surface area contributed by atoms with Crippen LogP contribution in [0, 0.1) is 0 Å². The summed E-state index contributed by atoms with van der Waals surface area (Å²) in [6.45, 7) is -1.84. The van der Waals surface area contributed by atoms with Crippen molar-refractivity contribution in [2.75, 3.05) is 12.7 Å². The molecule has 3 aromatic rings. The van der Waals surface area contributed by atoms with Crippen molar-refractivity contribution in [3.63, 3.8) is 0 Å². The maximum absolute atomic E-state index is 13.3. The molecule has 3 nitrogen and oxygen atoms in total. The number of hydrogen-bond acceptors (Lipinski definition) is 3. The molecule has 0 radical (unpaired) electrons. The normalized spacial score (nSPS) is 18.6. The monoisotopic (exact) mass is 349 g/mol. The molecule has 3 aromatic carbocycles. The third-order valence-corrected chi connectivity index (χ3v) is 7.11. The van der Waals surface area contributed by atoms with Gasteiger partial charge in [0.15, 0.2) is 7.14 Å². The zero-order valence-electron chi connectivity index (χ0n) is 13.8. The fourth-order valence-electron chi connectivity index (χ4n) is 3.38. The topological polar surface area (TPSA) is 35.5 Å². The Balaban J connectivity index is 1.73. The van der Waals surface area contributed by atoms with Crippen LogP contribution in [0.4, 0.5) is 0 Å². The molecule has 126 valence electrons. The lowest BCUT2D eigenvalue weighted by Gasteiger charge is -2.48. The molecule has 1 heterocycles. The lowest BCUT2D eigenvalue weighted by atomic mass is 9.46. The van der Waals surface area contributed by atoms with E-state index in [2.05, 4.69) is 0 Å². The van der Waals surface area contributed by atoms with Gasteiger partial charge in [-0.3, -0.25) is 0 Å². The summed E-state index contributed by atoms with van der Waals surface area (Å²) >= 11 is 0. The van der Waals surface area contributed by atoms with Crippen molar-refractivity contribution in [2.45, 2.75) is 0 Å². The van der Waals surface area contributed by atoms with Crippen LogP contribution in [0.5, 0.6) is 0 Å². The maximum atomic E-state index is 13.3. The molecular weight excluding hydrogens is 330 g/mol. The summed E-state index contributed by atoms with van der Waals surface area (Å²) in [5.41, 5.74) is 1.93. The van der Waals surface area contributed by atoms with E-state index in [1.807, 2.05) is 91.0 Å². The second kappa shape index (κ2) is 6.64. The van der Waals surface area contributed by atoms with Crippen LogP contribution >= 0.6 is 7.14 Å². The second-order valence-electron chi connectivity index (χ2n) is 6.35. The molecule has 0 atom stereocenters. The van der Waals surface area contributed by atoms with Crippen molar-refractivity contribution in [1.82, 2.24) is 0 Å². The highest BCUT2D eigenvalue weighted by molar-refractivity contribution is 7.71. The molecule has 0 amide bonds. The molecule has 0 saturated carbocycles. The van der Waals surface area contributed by atoms with E-state index in [1.165, 1.54) is 0 Å². The van der Waals surface area contributed by atoms with Gasteiger partial charge in [0.25, 0.3) is 6.55 Å². The van der Waals surface area contributed by atoms with E-state index in [0.29, 0.717) is 0 Å². The smallest absolute Gasteiger partial charge is 0.299 e. The molecule has 1 fully saturated rings. The van der Waals surface area contributed by atoms with Crippen LogP contribution < -0.4 is 16.2 Å². The molecule has 0 N–H and O–H groups in total. The van der Waals surface area contributed by atoms with Crippen LogP contribution in [0.3, 0.4) is 0 Å². The summed E-state index contributed by atoms with van der Waals surface area (Å²) in [6, 6.07) is 29.3. The first-order chi connectivity index (χ1) is 12.2. The lowest BCUT2D eigenvalue weighted by Crippen LogP contribution is -2.65. The summed E-state index contributed by atoms with van der Waals surface area (Å²) in [5.74, 6) is 0. The molecular formula is C20H19BO3P-. The Kier molecular flexibility index (Phi) is 4.35. The first-order valence-electron chi connectivity index (χ1n) is 8.40. The van der Waals surface area contributed by atoms with Crippen LogP contribution in [0.2, 0.25) is 0 Å². The summed E-state index contributed by atoms with van der Waals surface area (Å²) in [6.07, 6.45) is 0.363. The minimum Gasteiger partial charge on any atom is -0.555 e. The van der Waals surface area contributed by atoms with Crippen molar-refractivity contribution in [2.24, 2.45) is 0 Å². The van der Waals surface area contributed by atoms with E-state index in [-0.39, 0.29) is 12.7 Å². The molecule has 0 aliphatic carbocycles. The molecule has 25 heavy (non-hydrogen) atoms. The van der Waals surface area contributed by atoms with Gasteiger partial charge in [0, 0.05) is 5.30 Å². The van der Waals surface area contributed by atoms with Gasteiger partial charge in [-0.15, -0.1) is 10.9 Å². The lowest BCUT2D eigenvalue weighted by molar-refractivity contribution is 0.218. The second-order valence-corrected chi connectivity index (χ2v) is 9.16. The van der Waals surface area contributed by atoms with E-state index >= 15 is 0 Å². The van der Waals surface area contributed by atoms with Gasteiger partial charge >= 0.3 is 0 Å². The van der Waals surface area contributed by atoms with Crippen LogP contribution in [-0.4, -0.2) is 19.2 Å². The van der Waals surface area contributed by atoms with Crippen LogP contribution in [0.25, 0.3) is 0 Å². The van der Waals surface area contributed by atoms with Gasteiger partial charge in [-0.05, 0) is 0 Å². The average Bonchev–Trinajstić information content (AvgIpc) is 2.71. The van der Waals surface area contributed by atoms with Crippen molar-refractivity contribution >= 4 is 29.9 Å². The van der Waals surface area contributed by atoms with E-state index < -0.39 is 13.7 Å². The fraction of sp³-hybridized carbons (Fsp3) is 0.100. The standard InChI is InChI=1S/C20H19BO3P/c22-25(20-14-8-3-9-15-20)16-23-21(24-17-25,18-10-4-1-5-11-18)19-12-6-2-7-13-19/h1-15H,16-17H2/q-1. The number of hydrogen-bond donors (Lipinski definition) is 0. The quantitative estimate of drug-likeness (QED) is 0.539. The van der Waals surface area contributed by atoms with Gasteiger partial charge in [0.05, 0.1) is 12.7 Å². The van der Waals surface area contributed by atoms with E-state index in [0.717, 1.165) is 16.2 Å². The van der Waals surface area contributed by atoms with Gasteiger partial charge in [-0.1, -0.05) is 91.0 Å². The first-order valence-corrected chi connectivity index (χ1v) is 10.5. The summed E-state index contributed by atoms with van der Waals surface area (Å²) in [7, 11) is -2.72. The van der Waals surface area contributed by atoms with Crippen molar-refractivity contribution in [3.8, 4) is 0 Å². The minimum atomic E-state index is -2.72. The van der Waals surface area contributed by atoms with Crippen molar-refractivity contribution in [3.05, 3.63) is 91.0 Å². The molecule has 0 unspecified atom stereocenters. The number of rotatable bonds is 3. The maximum Gasteiger partial charge on any atom is 0.299 e. The first kappa shape index (κ1) is 16.3. The predicted molar refractivity (Wildman–Crippen MR) is 103 cm³/mol. The van der Waals surface area contributed by atoms with Gasteiger partial charge in [0.2, 0.25) is 0 Å². The van der Waals surface area contributed by atoms with E-state index in [9.17, 15) is 4.57 Å². The predicted octanol–water partition coefficient (Wildman–Crippen LogP) is 2.89. The van der Waals surface area contributed by atoms with Gasteiger partial charge in [-0.25, -0.2) is 0 Å². The molecule has 0 bridgehead atoms. The summed E-state index contributed by atoms with van der Waals surface area (Å²) < 4.78 is 25.9. The molecule has 0 spiro atoms. The van der Waals surface area contributed by atoms with Crippen LogP contribution in [0.15, 0.2) is 91.0 Å². The molecule has 5 heteroatoms. The number of benzene rings is 3. The SMILES string of the molecule is O=P1(c2ccccc2)CO[B-](c2ccccc2)(c2ccccc2)OC1. The zero-order chi connectivity index (χ0) is 17.2. The highest BCUT2D eigenvalue weighted by Gasteiger charge is 2.40. The summed E-state index contributed by atoms with van der Waals surface area (Å²) in [5, 5.41) is 0.806. The Hall–Kier alpha value is -2.13. The Morgan fingerprint density at radius 2 is 1.04 bits per heavy atom. The van der Waals surface area contributed by atoms with Gasteiger partial charge < -0.3 is 13.9 Å². The van der Waals surface area contributed by atoms with E-state index in [4.69, 9.17) is 9.31 Å². The highest BCUT2D eigenvalue weighted by Crippen LogP contribution is 2.48. The Morgan fingerprint density at radius 3 is 1.48 bits per heavy atom. The fourth-order valence-corrected chi connectivity index (χ4v) is 5.36. The summed E-state index contributed by atoms with van der Waals surface area (Å²) in [4.78, 5) is 0. The van der Waals surface area contributed by atoms with Gasteiger partial charge in [-0.2, -0.15) is 0 Å². The van der Waals surface area contributed by atoms with Crippen LogP contribution in [-0.2, 0) is 13.9 Å². The molecule has 0 aromatic heterocycles. The average molecular weight is 349 g/mol. The molecule has 1 aliphatic rings. The largest absolute Gasteiger partial charge is 0.555 e. The Bertz CT molecular complexity index is 831. The Morgan fingerprint density at radius 1 is 0.640 bits per heavy atom. The zero-order valence-corrected chi connectivity index (χ0v) is 14.7. The van der Waals surface area contributed by atoms with Crippen molar-refractivity contribution < 1.29 is 13.9 Å². The van der Waals surface area contributed by atoms with Crippen molar-refractivity contribution in [1.29, 1.82) is 0 Å². The minimum absolute atomic E-state index is 0.181. The van der Waals surface area contributed by atoms with Crippen LogP contribution in [0.1, 0.15) is 0 Å². The highest BCUT2D eigenvalue weighted by atomic mass is 31.2. The third kappa shape index (κ3) is 2.98. The van der Waals surface area contributed by atoms with Gasteiger partial charge in [0.1, 0.15) is 0 Å². The third-order valence-electron chi connectivity index (χ3n) is 4.74. The van der Waals surface area contributed by atoms with E-state index in [1.54, 1.807) is 0 Å². The molecule has 4 rings (SSSR count). The molecule has 1 aliphatic heterocycles.